The summed E-state index contributed by atoms with van der Waals surface area (Å²) in [6.07, 6.45) is 0.431. The van der Waals surface area contributed by atoms with Gasteiger partial charge in [0.05, 0.1) is 17.1 Å². The van der Waals surface area contributed by atoms with E-state index in [9.17, 15) is 14.4 Å². The summed E-state index contributed by atoms with van der Waals surface area (Å²) >= 11 is 1.45. The van der Waals surface area contributed by atoms with Gasteiger partial charge in [0.1, 0.15) is 0 Å². The van der Waals surface area contributed by atoms with Gasteiger partial charge >= 0.3 is 0 Å². The van der Waals surface area contributed by atoms with Crippen molar-refractivity contribution >= 4 is 28.9 Å². The van der Waals surface area contributed by atoms with Crippen LogP contribution in [0, 0.1) is 6.92 Å². The standard InChI is InChI=1S/C23H28N2O4S/c1-15-13-25(14-16(2)29-15)23(28)19-7-5-18(6-8-19)12-24-22(27)11-9-20(26)21-10-4-17(3)30-21/h4-8,10,15-16H,9,11-14H2,1-3H3,(H,24,27). The number of ketones is 1. The molecule has 3 rings (SSSR count). The minimum Gasteiger partial charge on any atom is -0.372 e. The minimum absolute atomic E-state index is 0.00198. The molecule has 1 aliphatic heterocycles. The predicted molar refractivity (Wildman–Crippen MR) is 117 cm³/mol. The molecule has 0 saturated carbocycles. The number of carbonyl (C=O) groups excluding carboxylic acids is 3. The highest BCUT2D eigenvalue weighted by atomic mass is 32.1. The van der Waals surface area contributed by atoms with E-state index in [-0.39, 0.29) is 42.6 Å². The number of thiophene rings is 1. The van der Waals surface area contributed by atoms with E-state index in [2.05, 4.69) is 5.32 Å². The van der Waals surface area contributed by atoms with E-state index < -0.39 is 0 Å². The van der Waals surface area contributed by atoms with Crippen molar-refractivity contribution in [1.29, 1.82) is 0 Å². The van der Waals surface area contributed by atoms with Crippen molar-refractivity contribution in [2.45, 2.75) is 52.4 Å². The first-order valence-corrected chi connectivity index (χ1v) is 11.0. The summed E-state index contributed by atoms with van der Waals surface area (Å²) in [7, 11) is 0. The topological polar surface area (TPSA) is 75.7 Å². The zero-order valence-corrected chi connectivity index (χ0v) is 18.5. The number of benzene rings is 1. The molecule has 1 fully saturated rings. The van der Waals surface area contributed by atoms with Gasteiger partial charge in [-0.1, -0.05) is 12.1 Å². The lowest BCUT2D eigenvalue weighted by atomic mass is 10.1. The summed E-state index contributed by atoms with van der Waals surface area (Å²) in [4.78, 5) is 40.5. The van der Waals surface area contributed by atoms with Crippen molar-refractivity contribution in [3.05, 3.63) is 57.3 Å². The maximum Gasteiger partial charge on any atom is 0.254 e. The highest BCUT2D eigenvalue weighted by Gasteiger charge is 2.26. The Morgan fingerprint density at radius 1 is 1.03 bits per heavy atom. The van der Waals surface area contributed by atoms with E-state index in [1.807, 2.05) is 43.9 Å². The van der Waals surface area contributed by atoms with Gasteiger partial charge in [0.15, 0.2) is 5.78 Å². The maximum absolute atomic E-state index is 12.7. The third-order valence-corrected chi connectivity index (χ3v) is 6.03. The van der Waals surface area contributed by atoms with Crippen molar-refractivity contribution in [3.63, 3.8) is 0 Å². The molecule has 7 heteroatoms. The highest BCUT2D eigenvalue weighted by molar-refractivity contribution is 7.14. The molecule has 1 aromatic carbocycles. The van der Waals surface area contributed by atoms with Crippen LogP contribution in [0.1, 0.15) is 57.2 Å². The van der Waals surface area contributed by atoms with E-state index in [0.29, 0.717) is 30.1 Å². The predicted octanol–water partition coefficient (Wildman–Crippen LogP) is 3.59. The second-order valence-corrected chi connectivity index (χ2v) is 9.06. The smallest absolute Gasteiger partial charge is 0.254 e. The maximum atomic E-state index is 12.7. The van der Waals surface area contributed by atoms with Crippen LogP contribution in [0.2, 0.25) is 0 Å². The molecule has 30 heavy (non-hydrogen) atoms. The summed E-state index contributed by atoms with van der Waals surface area (Å²) in [6.45, 7) is 7.43. The molecule has 1 aliphatic rings. The third-order valence-electron chi connectivity index (χ3n) is 4.99. The number of aryl methyl sites for hydroxylation is 1. The van der Waals surface area contributed by atoms with Crippen LogP contribution in [0.4, 0.5) is 0 Å². The first-order valence-electron chi connectivity index (χ1n) is 10.2. The first-order chi connectivity index (χ1) is 14.3. The summed E-state index contributed by atoms with van der Waals surface area (Å²) in [5.74, 6) is -0.166. The molecule has 0 radical (unpaired) electrons. The average Bonchev–Trinajstić information content (AvgIpc) is 3.16. The normalized spacial score (nSPS) is 18.8. The third kappa shape index (κ3) is 6.00. The summed E-state index contributed by atoms with van der Waals surface area (Å²) in [5.41, 5.74) is 1.53. The minimum atomic E-state index is -0.159. The Balaban J connectivity index is 1.45. The number of amides is 2. The van der Waals surface area contributed by atoms with Gasteiger partial charge in [-0.3, -0.25) is 14.4 Å². The van der Waals surface area contributed by atoms with E-state index in [1.165, 1.54) is 11.3 Å². The fraction of sp³-hybridized carbons (Fsp3) is 0.435. The van der Waals surface area contributed by atoms with E-state index in [1.54, 1.807) is 18.2 Å². The molecule has 6 nitrogen and oxygen atoms in total. The van der Waals surface area contributed by atoms with Crippen LogP contribution in [0.3, 0.4) is 0 Å². The summed E-state index contributed by atoms with van der Waals surface area (Å²) < 4.78 is 5.68. The molecule has 1 aromatic heterocycles. The van der Waals surface area contributed by atoms with E-state index >= 15 is 0 Å². The average molecular weight is 429 g/mol. The van der Waals surface area contributed by atoms with Crippen LogP contribution in [0.25, 0.3) is 0 Å². The Labute approximate surface area is 181 Å². The SMILES string of the molecule is Cc1ccc(C(=O)CCC(=O)NCc2ccc(C(=O)N3CC(C)OC(C)C3)cc2)s1. The molecule has 0 spiro atoms. The summed E-state index contributed by atoms with van der Waals surface area (Å²) in [5, 5.41) is 2.84. The van der Waals surface area contributed by atoms with Gasteiger partial charge in [-0.15, -0.1) is 11.3 Å². The van der Waals surface area contributed by atoms with Crippen LogP contribution in [0.15, 0.2) is 36.4 Å². The van der Waals surface area contributed by atoms with Crippen molar-refractivity contribution < 1.29 is 19.1 Å². The molecule has 0 aliphatic carbocycles. The van der Waals surface area contributed by atoms with Crippen LogP contribution < -0.4 is 5.32 Å². The molecule has 1 saturated heterocycles. The Morgan fingerprint density at radius 2 is 1.70 bits per heavy atom. The number of hydrogen-bond acceptors (Lipinski definition) is 5. The van der Waals surface area contributed by atoms with Gasteiger partial charge in [-0.2, -0.15) is 0 Å². The van der Waals surface area contributed by atoms with Gasteiger partial charge in [0.2, 0.25) is 5.91 Å². The van der Waals surface area contributed by atoms with Crippen LogP contribution in [-0.2, 0) is 16.1 Å². The number of morpholine rings is 1. The Hall–Kier alpha value is -2.51. The van der Waals surface area contributed by atoms with Crippen molar-refractivity contribution in [1.82, 2.24) is 10.2 Å². The van der Waals surface area contributed by atoms with Crippen molar-refractivity contribution in [3.8, 4) is 0 Å². The molecule has 2 heterocycles. The van der Waals surface area contributed by atoms with Gasteiger partial charge in [-0.25, -0.2) is 0 Å². The molecule has 1 N–H and O–H groups in total. The van der Waals surface area contributed by atoms with Crippen LogP contribution in [0.5, 0.6) is 0 Å². The Kier molecular flexibility index (Phi) is 7.39. The summed E-state index contributed by atoms with van der Waals surface area (Å²) in [6, 6.07) is 11.0. The van der Waals surface area contributed by atoms with Crippen LogP contribution >= 0.6 is 11.3 Å². The number of Topliss-reactive ketones (excluding diaryl/α,β-unsaturated/α-hetero) is 1. The fourth-order valence-electron chi connectivity index (χ4n) is 3.52. The first kappa shape index (κ1) is 22.2. The molecule has 2 aromatic rings. The molecule has 2 unspecified atom stereocenters. The van der Waals surface area contributed by atoms with Crippen molar-refractivity contribution in [2.75, 3.05) is 13.1 Å². The Bertz CT molecular complexity index is 896. The largest absolute Gasteiger partial charge is 0.372 e. The monoisotopic (exact) mass is 428 g/mol. The molecular formula is C23H28N2O4S. The number of rotatable bonds is 7. The number of carbonyl (C=O) groups is 3. The van der Waals surface area contributed by atoms with Gasteiger partial charge in [0.25, 0.3) is 5.91 Å². The lowest BCUT2D eigenvalue weighted by Gasteiger charge is -2.35. The van der Waals surface area contributed by atoms with E-state index in [4.69, 9.17) is 4.74 Å². The Morgan fingerprint density at radius 3 is 2.30 bits per heavy atom. The molecule has 2 amide bonds. The zero-order valence-electron chi connectivity index (χ0n) is 17.6. The highest BCUT2D eigenvalue weighted by Crippen LogP contribution is 2.18. The quantitative estimate of drug-likeness (QED) is 0.684. The lowest BCUT2D eigenvalue weighted by Crippen LogP contribution is -2.48. The van der Waals surface area contributed by atoms with Crippen molar-refractivity contribution in [2.24, 2.45) is 0 Å². The zero-order chi connectivity index (χ0) is 21.7. The second kappa shape index (κ2) is 10.00. The molecular weight excluding hydrogens is 400 g/mol. The molecule has 2 atom stereocenters. The number of nitrogens with one attached hydrogen (secondary N) is 1. The van der Waals surface area contributed by atoms with Gasteiger partial charge in [0, 0.05) is 42.9 Å². The van der Waals surface area contributed by atoms with Gasteiger partial charge < -0.3 is 15.0 Å². The fourth-order valence-corrected chi connectivity index (χ4v) is 4.35. The number of ether oxygens (including phenoxy) is 1. The molecule has 0 bridgehead atoms. The van der Waals surface area contributed by atoms with Gasteiger partial charge in [-0.05, 0) is 50.6 Å². The molecule has 160 valence electrons. The van der Waals surface area contributed by atoms with Crippen LogP contribution in [-0.4, -0.2) is 47.8 Å². The number of hydrogen-bond donors (Lipinski definition) is 1. The second-order valence-electron chi connectivity index (χ2n) is 7.77. The lowest BCUT2D eigenvalue weighted by molar-refractivity contribution is -0.121. The number of nitrogens with zero attached hydrogens (tertiary/aromatic N) is 1. The van der Waals surface area contributed by atoms with E-state index in [0.717, 1.165) is 10.4 Å².